The lowest BCUT2D eigenvalue weighted by Gasteiger charge is -2.36. The molecule has 0 bridgehead atoms. The average Bonchev–Trinajstić information content (AvgIpc) is 2.41. The zero-order chi connectivity index (χ0) is 17.4. The van der Waals surface area contributed by atoms with Gasteiger partial charge < -0.3 is 0 Å². The fourth-order valence-corrected chi connectivity index (χ4v) is 3.05. The van der Waals surface area contributed by atoms with Crippen molar-refractivity contribution in [2.75, 3.05) is 0 Å². The zero-order valence-corrected chi connectivity index (χ0v) is 14.9. The van der Waals surface area contributed by atoms with Crippen molar-refractivity contribution >= 4 is 17.6 Å². The minimum absolute atomic E-state index is 0.285. The van der Waals surface area contributed by atoms with E-state index in [0.717, 1.165) is 11.1 Å². The van der Waals surface area contributed by atoms with Gasteiger partial charge >= 0.3 is 0 Å². The van der Waals surface area contributed by atoms with Crippen LogP contribution in [-0.4, -0.2) is 11.6 Å². The molecule has 0 saturated heterocycles. The van der Waals surface area contributed by atoms with Crippen LogP contribution in [0.5, 0.6) is 0 Å². The van der Waals surface area contributed by atoms with Crippen LogP contribution >= 0.6 is 0 Å². The predicted octanol–water partition coefficient (Wildman–Crippen LogP) is 4.86. The molecule has 122 valence electrons. The van der Waals surface area contributed by atoms with E-state index in [2.05, 4.69) is 0 Å². The van der Waals surface area contributed by atoms with Crippen molar-refractivity contribution in [1.29, 1.82) is 0 Å². The Morgan fingerprint density at radius 1 is 0.913 bits per heavy atom. The maximum absolute atomic E-state index is 12.8. The number of hydrogen-bond acceptors (Lipinski definition) is 2. The fourth-order valence-electron chi connectivity index (χ4n) is 3.05. The van der Waals surface area contributed by atoms with Crippen LogP contribution in [-0.2, 0) is 9.59 Å². The molecule has 2 heteroatoms. The van der Waals surface area contributed by atoms with Gasteiger partial charge in [-0.2, -0.15) is 0 Å². The van der Waals surface area contributed by atoms with E-state index in [1.165, 1.54) is 0 Å². The van der Waals surface area contributed by atoms with Crippen LogP contribution in [0.3, 0.4) is 0 Å². The van der Waals surface area contributed by atoms with Gasteiger partial charge in [-0.25, -0.2) is 0 Å². The summed E-state index contributed by atoms with van der Waals surface area (Å²) < 4.78 is 0. The second-order valence-corrected chi connectivity index (χ2v) is 8.36. The maximum atomic E-state index is 12.8. The average molecular weight is 310 g/mol. The number of ketones is 2. The molecule has 0 spiro atoms. The van der Waals surface area contributed by atoms with Gasteiger partial charge in [0.1, 0.15) is 0 Å². The number of carbonyl (C=O) groups is 2. The van der Waals surface area contributed by atoms with E-state index < -0.39 is 5.92 Å². The van der Waals surface area contributed by atoms with E-state index in [1.807, 2.05) is 84.0 Å². The molecule has 1 aliphatic carbocycles. The number of Topliss-reactive ketones (excluding diaryl/α,β-unsaturated/α-hetero) is 2. The van der Waals surface area contributed by atoms with Gasteiger partial charge in [-0.3, -0.25) is 9.59 Å². The largest absolute Gasteiger partial charge is 0.290 e. The predicted molar refractivity (Wildman–Crippen MR) is 94.9 cm³/mol. The summed E-state index contributed by atoms with van der Waals surface area (Å²) in [4.78, 5) is 25.4. The van der Waals surface area contributed by atoms with Crippen LogP contribution in [0.1, 0.15) is 47.1 Å². The SMILES string of the molecule is CC(C)(C)C1=C/C(=C\c2ccccc2)[C@H](C(C)(C)C)C(=O)C1=O. The maximum Gasteiger partial charge on any atom is 0.225 e. The topological polar surface area (TPSA) is 34.1 Å². The molecule has 1 aliphatic rings. The third-order valence-electron chi connectivity index (χ3n) is 4.18. The molecular formula is C21H26O2. The Kier molecular flexibility index (Phi) is 4.48. The van der Waals surface area contributed by atoms with Gasteiger partial charge in [-0.1, -0.05) is 84.0 Å². The number of benzene rings is 1. The first-order valence-corrected chi connectivity index (χ1v) is 8.09. The molecule has 0 amide bonds. The van der Waals surface area contributed by atoms with Gasteiger partial charge in [-0.05, 0) is 22.0 Å². The molecule has 0 radical (unpaired) electrons. The van der Waals surface area contributed by atoms with E-state index in [9.17, 15) is 9.59 Å². The highest BCUT2D eigenvalue weighted by atomic mass is 16.2. The summed E-state index contributed by atoms with van der Waals surface area (Å²) in [7, 11) is 0. The smallest absolute Gasteiger partial charge is 0.225 e. The lowest BCUT2D eigenvalue weighted by molar-refractivity contribution is -0.138. The quantitative estimate of drug-likeness (QED) is 0.694. The van der Waals surface area contributed by atoms with Gasteiger partial charge in [0.05, 0.1) is 5.92 Å². The van der Waals surface area contributed by atoms with Crippen molar-refractivity contribution < 1.29 is 9.59 Å². The molecule has 0 heterocycles. The third-order valence-corrected chi connectivity index (χ3v) is 4.18. The molecule has 0 fully saturated rings. The van der Waals surface area contributed by atoms with Crippen LogP contribution in [0.2, 0.25) is 0 Å². The molecule has 23 heavy (non-hydrogen) atoms. The van der Waals surface area contributed by atoms with Gasteiger partial charge in [0, 0.05) is 5.57 Å². The van der Waals surface area contributed by atoms with E-state index in [0.29, 0.717) is 5.57 Å². The highest BCUT2D eigenvalue weighted by Gasteiger charge is 2.43. The summed E-state index contributed by atoms with van der Waals surface area (Å²) in [5.74, 6) is -1.02. The normalized spacial score (nSPS) is 21.6. The summed E-state index contributed by atoms with van der Waals surface area (Å²) >= 11 is 0. The van der Waals surface area contributed by atoms with Crippen molar-refractivity contribution in [1.82, 2.24) is 0 Å². The van der Waals surface area contributed by atoms with E-state index in [1.54, 1.807) is 0 Å². The lowest BCUT2D eigenvalue weighted by atomic mass is 9.66. The molecule has 0 unspecified atom stereocenters. The van der Waals surface area contributed by atoms with Gasteiger partial charge in [0.2, 0.25) is 11.6 Å². The molecule has 1 aromatic carbocycles. The monoisotopic (exact) mass is 310 g/mol. The van der Waals surface area contributed by atoms with Crippen LogP contribution in [0.4, 0.5) is 0 Å². The summed E-state index contributed by atoms with van der Waals surface area (Å²) in [5.41, 5.74) is 1.94. The molecular weight excluding hydrogens is 284 g/mol. The Balaban J connectivity index is 2.65. The summed E-state index contributed by atoms with van der Waals surface area (Å²) in [6.07, 6.45) is 3.97. The van der Waals surface area contributed by atoms with Crippen molar-refractivity contribution in [2.24, 2.45) is 16.7 Å². The minimum Gasteiger partial charge on any atom is -0.290 e. The van der Waals surface area contributed by atoms with Crippen LogP contribution < -0.4 is 0 Å². The van der Waals surface area contributed by atoms with E-state index >= 15 is 0 Å². The number of carbonyl (C=O) groups excluding carboxylic acids is 2. The summed E-state index contributed by atoms with van der Waals surface area (Å²) in [6.45, 7) is 12.0. The highest BCUT2D eigenvalue weighted by molar-refractivity contribution is 6.46. The first kappa shape index (κ1) is 17.4. The van der Waals surface area contributed by atoms with Gasteiger partial charge in [-0.15, -0.1) is 0 Å². The van der Waals surface area contributed by atoms with Crippen molar-refractivity contribution in [2.45, 2.75) is 41.5 Å². The standard InChI is InChI=1S/C21H26O2/c1-20(2,3)16-13-15(12-14-10-8-7-9-11-14)17(21(4,5)6)19(23)18(16)22/h7-13,17H,1-6H3/b15-12+/t17-/m0/s1. The fraction of sp³-hybridized carbons (Fsp3) is 0.429. The number of allylic oxidation sites excluding steroid dienone is 3. The third kappa shape index (κ3) is 3.69. The van der Waals surface area contributed by atoms with Crippen molar-refractivity contribution in [3.05, 3.63) is 53.1 Å². The molecule has 2 rings (SSSR count). The molecule has 1 aromatic rings. The Hall–Kier alpha value is -1.96. The molecule has 0 N–H and O–H groups in total. The molecule has 0 saturated carbocycles. The molecule has 2 nitrogen and oxygen atoms in total. The molecule has 0 aromatic heterocycles. The minimum atomic E-state index is -0.402. The second-order valence-electron chi connectivity index (χ2n) is 8.36. The summed E-state index contributed by atoms with van der Waals surface area (Å²) in [5, 5.41) is 0. The number of hydrogen-bond donors (Lipinski definition) is 0. The van der Waals surface area contributed by atoms with Gasteiger partial charge in [0.25, 0.3) is 0 Å². The first-order chi connectivity index (χ1) is 10.5. The Morgan fingerprint density at radius 2 is 1.48 bits per heavy atom. The Labute approximate surface area is 139 Å². The number of rotatable bonds is 1. The van der Waals surface area contributed by atoms with Crippen LogP contribution in [0.25, 0.3) is 6.08 Å². The van der Waals surface area contributed by atoms with E-state index in [4.69, 9.17) is 0 Å². The second kappa shape index (κ2) is 5.92. The van der Waals surface area contributed by atoms with Crippen molar-refractivity contribution in [3.8, 4) is 0 Å². The molecule has 0 aliphatic heterocycles. The zero-order valence-electron chi connectivity index (χ0n) is 14.9. The Morgan fingerprint density at radius 3 is 1.96 bits per heavy atom. The van der Waals surface area contributed by atoms with Gasteiger partial charge in [0.15, 0.2) is 0 Å². The van der Waals surface area contributed by atoms with Crippen LogP contribution in [0.15, 0.2) is 47.6 Å². The van der Waals surface area contributed by atoms with E-state index in [-0.39, 0.29) is 22.4 Å². The summed E-state index contributed by atoms with van der Waals surface area (Å²) in [6, 6.07) is 9.94. The Bertz CT molecular complexity index is 677. The van der Waals surface area contributed by atoms with Crippen molar-refractivity contribution in [3.63, 3.8) is 0 Å². The lowest BCUT2D eigenvalue weighted by Crippen LogP contribution is -2.40. The molecule has 1 atom stereocenters. The highest BCUT2D eigenvalue weighted by Crippen LogP contribution is 2.41. The van der Waals surface area contributed by atoms with Crippen LogP contribution in [0, 0.1) is 16.7 Å². The first-order valence-electron chi connectivity index (χ1n) is 8.09.